The van der Waals surface area contributed by atoms with Crippen LogP contribution in [0.25, 0.3) is 0 Å². The maximum Gasteiger partial charge on any atom is 0.191 e. The van der Waals surface area contributed by atoms with E-state index in [9.17, 15) is 0 Å². The van der Waals surface area contributed by atoms with E-state index in [0.29, 0.717) is 23.5 Å². The number of ether oxygens (including phenoxy) is 1. The first-order valence-electron chi connectivity index (χ1n) is 11.3. The smallest absolute Gasteiger partial charge is 0.191 e. The van der Waals surface area contributed by atoms with E-state index in [1.165, 1.54) is 38.5 Å². The van der Waals surface area contributed by atoms with E-state index in [1.54, 1.807) is 6.26 Å². The molecule has 0 amide bonds. The van der Waals surface area contributed by atoms with Crippen LogP contribution < -0.4 is 10.6 Å². The van der Waals surface area contributed by atoms with Crippen molar-refractivity contribution in [2.45, 2.75) is 63.6 Å². The van der Waals surface area contributed by atoms with Gasteiger partial charge in [0.15, 0.2) is 5.96 Å². The Morgan fingerprint density at radius 3 is 2.86 bits per heavy atom. The summed E-state index contributed by atoms with van der Waals surface area (Å²) in [6.45, 7) is 6.95. The molecule has 2 N–H and O–H groups in total. The fraction of sp³-hybridized carbons (Fsp3) is 0.773. The van der Waals surface area contributed by atoms with Gasteiger partial charge in [0.2, 0.25) is 0 Å². The van der Waals surface area contributed by atoms with Crippen LogP contribution in [-0.2, 0) is 4.74 Å². The number of fused-ring (bicyclic) bond motifs is 2. The molecule has 4 atom stereocenters. The van der Waals surface area contributed by atoms with Crippen LogP contribution in [0.2, 0.25) is 0 Å². The van der Waals surface area contributed by atoms with Gasteiger partial charge < -0.3 is 19.8 Å². The van der Waals surface area contributed by atoms with E-state index >= 15 is 0 Å². The zero-order chi connectivity index (χ0) is 19.0. The van der Waals surface area contributed by atoms with Crippen LogP contribution in [-0.4, -0.2) is 55.8 Å². The number of guanidine groups is 1. The quantitative estimate of drug-likeness (QED) is 0.581. The number of hydrogen-bond acceptors (Lipinski definition) is 4. The molecule has 0 bridgehead atoms. The van der Waals surface area contributed by atoms with Crippen LogP contribution in [0.1, 0.15) is 57.3 Å². The Hall–Kier alpha value is -1.53. The number of hydrogen-bond donors (Lipinski definition) is 2. The zero-order valence-electron chi connectivity index (χ0n) is 17.0. The summed E-state index contributed by atoms with van der Waals surface area (Å²) >= 11 is 0. The van der Waals surface area contributed by atoms with Crippen LogP contribution in [0.3, 0.4) is 0 Å². The summed E-state index contributed by atoms with van der Waals surface area (Å²) in [5.41, 5.74) is 0.368. The van der Waals surface area contributed by atoms with Gasteiger partial charge in [0.1, 0.15) is 5.76 Å². The maximum absolute atomic E-state index is 6.08. The van der Waals surface area contributed by atoms with Crippen molar-refractivity contribution < 1.29 is 9.15 Å². The second-order valence-corrected chi connectivity index (χ2v) is 8.95. The van der Waals surface area contributed by atoms with E-state index in [1.807, 2.05) is 6.07 Å². The molecule has 1 aromatic rings. The van der Waals surface area contributed by atoms with Gasteiger partial charge in [-0.1, -0.05) is 6.42 Å². The highest BCUT2D eigenvalue weighted by atomic mass is 16.5. The number of nitrogens with zero attached hydrogens (tertiary/aromatic N) is 2. The van der Waals surface area contributed by atoms with Gasteiger partial charge in [-0.25, -0.2) is 0 Å². The van der Waals surface area contributed by atoms with Crippen molar-refractivity contribution in [1.29, 1.82) is 0 Å². The number of rotatable bonds is 6. The SMILES string of the molecule is CCNC(=NCC(c1ccco1)N1CCCC1)NC1C2CCOC2C12CCC2. The lowest BCUT2D eigenvalue weighted by Gasteiger charge is -2.63. The number of furan rings is 1. The van der Waals surface area contributed by atoms with Crippen LogP contribution in [0, 0.1) is 11.3 Å². The largest absolute Gasteiger partial charge is 0.468 e. The van der Waals surface area contributed by atoms with Gasteiger partial charge in [-0.2, -0.15) is 0 Å². The molecule has 2 aliphatic heterocycles. The third kappa shape index (κ3) is 3.05. The molecule has 5 rings (SSSR count). The van der Waals surface area contributed by atoms with Crippen molar-refractivity contribution in [3.63, 3.8) is 0 Å². The van der Waals surface area contributed by atoms with E-state index in [4.69, 9.17) is 14.1 Å². The molecule has 154 valence electrons. The van der Waals surface area contributed by atoms with E-state index in [0.717, 1.165) is 44.5 Å². The highest BCUT2D eigenvalue weighted by Crippen LogP contribution is 2.62. The summed E-state index contributed by atoms with van der Waals surface area (Å²) in [6.07, 6.45) is 9.94. The molecule has 3 heterocycles. The summed E-state index contributed by atoms with van der Waals surface area (Å²) < 4.78 is 11.8. The normalized spacial score (nSPS) is 32.6. The molecule has 6 heteroatoms. The highest BCUT2D eigenvalue weighted by molar-refractivity contribution is 5.80. The predicted molar refractivity (Wildman–Crippen MR) is 109 cm³/mol. The first-order chi connectivity index (χ1) is 13.8. The third-order valence-electron chi connectivity index (χ3n) is 7.55. The number of likely N-dealkylation sites (tertiary alicyclic amines) is 1. The van der Waals surface area contributed by atoms with E-state index in [2.05, 4.69) is 28.5 Å². The summed E-state index contributed by atoms with van der Waals surface area (Å²) in [5, 5.41) is 7.31. The topological polar surface area (TPSA) is 62.0 Å². The second kappa shape index (κ2) is 7.71. The Morgan fingerprint density at radius 1 is 1.32 bits per heavy atom. The average molecular weight is 387 g/mol. The number of nitrogens with one attached hydrogen (secondary N) is 2. The average Bonchev–Trinajstić information content (AvgIpc) is 3.41. The maximum atomic E-state index is 6.08. The van der Waals surface area contributed by atoms with Gasteiger partial charge in [-0.15, -0.1) is 0 Å². The van der Waals surface area contributed by atoms with Gasteiger partial charge in [0, 0.05) is 30.5 Å². The molecule has 2 saturated heterocycles. The second-order valence-electron chi connectivity index (χ2n) is 8.95. The summed E-state index contributed by atoms with van der Waals surface area (Å²) in [4.78, 5) is 7.54. The summed E-state index contributed by atoms with van der Waals surface area (Å²) in [7, 11) is 0. The molecule has 1 spiro atoms. The third-order valence-corrected chi connectivity index (χ3v) is 7.55. The Bertz CT molecular complexity index is 679. The molecular formula is C22H34N4O2. The van der Waals surface area contributed by atoms with Crippen molar-refractivity contribution in [2.24, 2.45) is 16.3 Å². The Labute approximate surface area is 168 Å². The lowest BCUT2D eigenvalue weighted by molar-refractivity contribution is -0.171. The molecule has 28 heavy (non-hydrogen) atoms. The molecule has 2 aliphatic carbocycles. The van der Waals surface area contributed by atoms with Crippen molar-refractivity contribution in [1.82, 2.24) is 15.5 Å². The molecule has 4 aliphatic rings. The van der Waals surface area contributed by atoms with Crippen molar-refractivity contribution in [2.75, 3.05) is 32.8 Å². The first kappa shape index (κ1) is 18.5. The van der Waals surface area contributed by atoms with Gasteiger partial charge in [-0.05, 0) is 64.3 Å². The van der Waals surface area contributed by atoms with Crippen molar-refractivity contribution >= 4 is 5.96 Å². The number of aliphatic imine (C=N–C) groups is 1. The molecule has 4 unspecified atom stereocenters. The van der Waals surface area contributed by atoms with Crippen molar-refractivity contribution in [3.05, 3.63) is 24.2 Å². The van der Waals surface area contributed by atoms with Gasteiger partial charge >= 0.3 is 0 Å². The molecule has 6 nitrogen and oxygen atoms in total. The van der Waals surface area contributed by atoms with Crippen LogP contribution in [0.15, 0.2) is 27.8 Å². The molecule has 4 fully saturated rings. The molecule has 0 aromatic carbocycles. The minimum absolute atomic E-state index is 0.231. The van der Waals surface area contributed by atoms with Crippen molar-refractivity contribution in [3.8, 4) is 0 Å². The summed E-state index contributed by atoms with van der Waals surface area (Å²) in [6, 6.07) is 4.82. The zero-order valence-corrected chi connectivity index (χ0v) is 17.0. The fourth-order valence-electron chi connectivity index (χ4n) is 6.02. The van der Waals surface area contributed by atoms with E-state index < -0.39 is 0 Å². The lowest BCUT2D eigenvalue weighted by atomic mass is 9.46. The molecule has 1 aromatic heterocycles. The van der Waals surface area contributed by atoms with Crippen LogP contribution in [0.4, 0.5) is 0 Å². The van der Waals surface area contributed by atoms with Gasteiger partial charge in [-0.3, -0.25) is 9.89 Å². The Morgan fingerprint density at radius 2 is 2.18 bits per heavy atom. The van der Waals surface area contributed by atoms with Crippen LogP contribution in [0.5, 0.6) is 0 Å². The van der Waals surface area contributed by atoms with E-state index in [-0.39, 0.29) is 6.04 Å². The lowest BCUT2D eigenvalue weighted by Crippen LogP contribution is -2.72. The monoisotopic (exact) mass is 386 g/mol. The minimum atomic E-state index is 0.231. The first-order valence-corrected chi connectivity index (χ1v) is 11.3. The van der Waals surface area contributed by atoms with Gasteiger partial charge in [0.25, 0.3) is 0 Å². The fourth-order valence-corrected chi connectivity index (χ4v) is 6.02. The molecule has 0 radical (unpaired) electrons. The predicted octanol–water partition coefficient (Wildman–Crippen LogP) is 2.93. The highest BCUT2D eigenvalue weighted by Gasteiger charge is 2.66. The molecule has 2 saturated carbocycles. The standard InChI is InChI=1S/C22H34N4O2/c1-2-23-21(25-19-16-8-14-28-20(16)22(19)9-6-10-22)24-15-17(18-7-5-13-27-18)26-11-3-4-12-26/h5,7,13,16-17,19-20H,2-4,6,8-12,14-15H2,1H3,(H2,23,24,25). The molecular weight excluding hydrogens is 352 g/mol. The summed E-state index contributed by atoms with van der Waals surface area (Å²) in [5.74, 6) is 2.65. The van der Waals surface area contributed by atoms with Crippen LogP contribution >= 0.6 is 0 Å². The van der Waals surface area contributed by atoms with Gasteiger partial charge in [0.05, 0.1) is 25.0 Å². The minimum Gasteiger partial charge on any atom is -0.468 e. The Kier molecular flexibility index (Phi) is 5.09. The Balaban J connectivity index is 1.30.